The summed E-state index contributed by atoms with van der Waals surface area (Å²) in [5, 5.41) is 0. The number of benzene rings is 2. The summed E-state index contributed by atoms with van der Waals surface area (Å²) in [4.78, 5) is 11.8. The van der Waals surface area contributed by atoms with Crippen LogP contribution >= 0.6 is 0 Å². The first-order valence-corrected chi connectivity index (χ1v) is 8.48. The van der Waals surface area contributed by atoms with E-state index in [-0.39, 0.29) is 11.9 Å². The SMILES string of the molecule is COC(=O)[C@@H]1C[C@H]2c3c(OCc4ccccc4)cc(OC)cc3O[C@H]2O1. The molecule has 0 amide bonds. The van der Waals surface area contributed by atoms with E-state index < -0.39 is 12.4 Å². The van der Waals surface area contributed by atoms with Gasteiger partial charge in [0.1, 0.15) is 23.9 Å². The van der Waals surface area contributed by atoms with Crippen LogP contribution < -0.4 is 14.2 Å². The van der Waals surface area contributed by atoms with Crippen molar-refractivity contribution in [2.45, 2.75) is 31.3 Å². The monoisotopic (exact) mass is 356 g/mol. The minimum Gasteiger partial charge on any atom is -0.496 e. The highest BCUT2D eigenvalue weighted by atomic mass is 16.7. The number of hydrogen-bond donors (Lipinski definition) is 0. The molecule has 0 aromatic heterocycles. The molecule has 6 nitrogen and oxygen atoms in total. The van der Waals surface area contributed by atoms with Crippen molar-refractivity contribution < 1.29 is 28.5 Å². The van der Waals surface area contributed by atoms with E-state index in [1.54, 1.807) is 7.11 Å². The van der Waals surface area contributed by atoms with E-state index in [1.165, 1.54) is 7.11 Å². The van der Waals surface area contributed by atoms with Crippen LogP contribution in [0.3, 0.4) is 0 Å². The molecule has 1 fully saturated rings. The van der Waals surface area contributed by atoms with Crippen molar-refractivity contribution >= 4 is 5.97 Å². The van der Waals surface area contributed by atoms with Gasteiger partial charge >= 0.3 is 5.97 Å². The van der Waals surface area contributed by atoms with Gasteiger partial charge in [0.2, 0.25) is 6.29 Å². The Kier molecular flexibility index (Phi) is 4.42. The molecule has 4 rings (SSSR count). The normalized spacial score (nSPS) is 22.9. The molecule has 2 heterocycles. The van der Waals surface area contributed by atoms with Gasteiger partial charge in [0.05, 0.1) is 20.1 Å². The van der Waals surface area contributed by atoms with Crippen LogP contribution in [-0.4, -0.2) is 32.6 Å². The molecular formula is C20H20O6. The Morgan fingerprint density at radius 2 is 2.00 bits per heavy atom. The predicted molar refractivity (Wildman–Crippen MR) is 92.4 cm³/mol. The lowest BCUT2D eigenvalue weighted by Crippen LogP contribution is -2.24. The molecule has 26 heavy (non-hydrogen) atoms. The maximum Gasteiger partial charge on any atom is 0.335 e. The van der Waals surface area contributed by atoms with E-state index >= 15 is 0 Å². The van der Waals surface area contributed by atoms with E-state index in [2.05, 4.69) is 0 Å². The lowest BCUT2D eigenvalue weighted by atomic mass is 9.95. The molecule has 0 aliphatic carbocycles. The quantitative estimate of drug-likeness (QED) is 0.768. The van der Waals surface area contributed by atoms with Gasteiger partial charge in [-0.2, -0.15) is 0 Å². The summed E-state index contributed by atoms with van der Waals surface area (Å²) in [6.07, 6.45) is -0.634. The summed E-state index contributed by atoms with van der Waals surface area (Å²) in [5.41, 5.74) is 1.98. The predicted octanol–water partition coefficient (Wildman–Crippen LogP) is 3.04. The summed E-state index contributed by atoms with van der Waals surface area (Å²) >= 11 is 0. The van der Waals surface area contributed by atoms with Gasteiger partial charge in [-0.3, -0.25) is 0 Å². The van der Waals surface area contributed by atoms with Crippen LogP contribution in [0.1, 0.15) is 23.5 Å². The summed E-state index contributed by atoms with van der Waals surface area (Å²) in [5.74, 6) is 1.54. The van der Waals surface area contributed by atoms with Crippen molar-refractivity contribution in [1.82, 2.24) is 0 Å². The van der Waals surface area contributed by atoms with Crippen LogP contribution in [0.2, 0.25) is 0 Å². The Balaban J connectivity index is 1.61. The van der Waals surface area contributed by atoms with E-state index in [1.807, 2.05) is 42.5 Å². The van der Waals surface area contributed by atoms with Crippen molar-refractivity contribution in [1.29, 1.82) is 0 Å². The Bertz CT molecular complexity index is 803. The Morgan fingerprint density at radius 3 is 2.73 bits per heavy atom. The molecule has 2 aromatic carbocycles. The molecule has 6 heteroatoms. The van der Waals surface area contributed by atoms with Gasteiger partial charge in [0.25, 0.3) is 0 Å². The molecule has 136 valence electrons. The molecule has 0 bridgehead atoms. The first kappa shape index (κ1) is 16.7. The lowest BCUT2D eigenvalue weighted by Gasteiger charge is -2.15. The first-order valence-electron chi connectivity index (χ1n) is 8.48. The molecule has 0 unspecified atom stereocenters. The number of hydrogen-bond acceptors (Lipinski definition) is 6. The fraction of sp³-hybridized carbons (Fsp3) is 0.350. The number of methoxy groups -OCH3 is 2. The molecule has 1 saturated heterocycles. The highest BCUT2D eigenvalue weighted by molar-refractivity contribution is 5.75. The van der Waals surface area contributed by atoms with Crippen LogP contribution in [0.5, 0.6) is 17.2 Å². The number of ether oxygens (including phenoxy) is 5. The highest BCUT2D eigenvalue weighted by Gasteiger charge is 2.48. The van der Waals surface area contributed by atoms with Crippen LogP contribution in [0.25, 0.3) is 0 Å². The van der Waals surface area contributed by atoms with Crippen molar-refractivity contribution in [2.75, 3.05) is 14.2 Å². The van der Waals surface area contributed by atoms with Crippen LogP contribution in [0.15, 0.2) is 42.5 Å². The number of fused-ring (bicyclic) bond motifs is 3. The fourth-order valence-corrected chi connectivity index (χ4v) is 3.44. The van der Waals surface area contributed by atoms with E-state index in [9.17, 15) is 4.79 Å². The Labute approximate surface area is 151 Å². The van der Waals surface area contributed by atoms with Gasteiger partial charge in [0.15, 0.2) is 6.10 Å². The van der Waals surface area contributed by atoms with E-state index in [0.29, 0.717) is 30.3 Å². The van der Waals surface area contributed by atoms with Crippen molar-refractivity contribution in [3.63, 3.8) is 0 Å². The van der Waals surface area contributed by atoms with Gasteiger partial charge in [-0.25, -0.2) is 4.79 Å². The third-order valence-electron chi connectivity index (χ3n) is 4.72. The summed E-state index contributed by atoms with van der Waals surface area (Å²) in [6.45, 7) is 0.430. The molecule has 2 aromatic rings. The minimum absolute atomic E-state index is 0.0780. The molecule has 2 aliphatic rings. The van der Waals surface area contributed by atoms with Gasteiger partial charge in [0, 0.05) is 17.7 Å². The van der Waals surface area contributed by atoms with Crippen molar-refractivity contribution in [2.24, 2.45) is 0 Å². The van der Waals surface area contributed by atoms with Crippen LogP contribution in [0, 0.1) is 0 Å². The zero-order valence-corrected chi connectivity index (χ0v) is 14.6. The average molecular weight is 356 g/mol. The number of esters is 1. The van der Waals surface area contributed by atoms with Crippen LogP contribution in [-0.2, 0) is 20.9 Å². The second kappa shape index (κ2) is 6.88. The zero-order chi connectivity index (χ0) is 18.1. The van der Waals surface area contributed by atoms with Gasteiger partial charge < -0.3 is 23.7 Å². The zero-order valence-electron chi connectivity index (χ0n) is 14.6. The van der Waals surface area contributed by atoms with Crippen molar-refractivity contribution in [3.8, 4) is 17.2 Å². The smallest absolute Gasteiger partial charge is 0.335 e. The van der Waals surface area contributed by atoms with Crippen LogP contribution in [0.4, 0.5) is 0 Å². The Morgan fingerprint density at radius 1 is 1.19 bits per heavy atom. The van der Waals surface area contributed by atoms with E-state index in [4.69, 9.17) is 23.7 Å². The molecule has 2 aliphatic heterocycles. The molecule has 0 radical (unpaired) electrons. The highest BCUT2D eigenvalue weighted by Crippen LogP contribution is 2.52. The number of carbonyl (C=O) groups is 1. The van der Waals surface area contributed by atoms with Crippen molar-refractivity contribution in [3.05, 3.63) is 53.6 Å². The topological polar surface area (TPSA) is 63.2 Å². The molecule has 0 spiro atoms. The lowest BCUT2D eigenvalue weighted by molar-refractivity contribution is -0.159. The maximum absolute atomic E-state index is 11.8. The van der Waals surface area contributed by atoms with Gasteiger partial charge in [-0.15, -0.1) is 0 Å². The average Bonchev–Trinajstić information content (AvgIpc) is 3.23. The first-order chi connectivity index (χ1) is 12.7. The fourth-order valence-electron chi connectivity index (χ4n) is 3.44. The Hall–Kier alpha value is -2.73. The summed E-state index contributed by atoms with van der Waals surface area (Å²) in [6, 6.07) is 13.6. The van der Waals surface area contributed by atoms with Gasteiger partial charge in [-0.05, 0) is 12.0 Å². The largest absolute Gasteiger partial charge is 0.496 e. The molecule has 0 saturated carbocycles. The number of rotatable bonds is 5. The molecule has 0 N–H and O–H groups in total. The third-order valence-corrected chi connectivity index (χ3v) is 4.72. The third kappa shape index (κ3) is 2.97. The summed E-state index contributed by atoms with van der Waals surface area (Å²) in [7, 11) is 2.95. The van der Waals surface area contributed by atoms with E-state index in [0.717, 1.165) is 11.1 Å². The maximum atomic E-state index is 11.8. The van der Waals surface area contributed by atoms with Gasteiger partial charge in [-0.1, -0.05) is 30.3 Å². The summed E-state index contributed by atoms with van der Waals surface area (Å²) < 4.78 is 27.8. The second-order valence-electron chi connectivity index (χ2n) is 6.29. The molecule has 3 atom stereocenters. The standard InChI is InChI=1S/C20H20O6/c1-22-13-8-15(24-11-12-6-4-3-5-7-12)18-14-10-17(19(21)23-2)26-20(14)25-16(18)9-13/h3-9,14,17,20H,10-11H2,1-2H3/t14-,17-,20-/m0/s1. The minimum atomic E-state index is -0.618. The second-order valence-corrected chi connectivity index (χ2v) is 6.29. The molecular weight excluding hydrogens is 336 g/mol. The number of carbonyl (C=O) groups excluding carboxylic acids is 1.